The predicted molar refractivity (Wildman–Crippen MR) is 126 cm³/mol. The SMILES string of the molecule is CCOc1ccc(C2=NN3C(C2)c2cccc(OCC)c2OC32CCN(C(C)=O)CC2)cc1. The summed E-state index contributed by atoms with van der Waals surface area (Å²) in [6.45, 7) is 8.12. The number of carbonyl (C=O) groups is 1. The van der Waals surface area contributed by atoms with Gasteiger partial charge in [-0.15, -0.1) is 0 Å². The first-order valence-corrected chi connectivity index (χ1v) is 11.8. The summed E-state index contributed by atoms with van der Waals surface area (Å²) in [6, 6.07) is 14.3. The molecule has 0 saturated carbocycles. The van der Waals surface area contributed by atoms with E-state index >= 15 is 0 Å². The van der Waals surface area contributed by atoms with Crippen LogP contribution in [0.3, 0.4) is 0 Å². The van der Waals surface area contributed by atoms with E-state index in [-0.39, 0.29) is 11.9 Å². The second-order valence-electron chi connectivity index (χ2n) is 8.73. The molecule has 1 amide bonds. The van der Waals surface area contributed by atoms with Crippen molar-refractivity contribution in [3.8, 4) is 17.2 Å². The molecule has 1 atom stereocenters. The summed E-state index contributed by atoms with van der Waals surface area (Å²) in [5, 5.41) is 7.28. The van der Waals surface area contributed by atoms with Crippen LogP contribution in [0.1, 0.15) is 57.2 Å². The molecule has 3 aliphatic heterocycles. The van der Waals surface area contributed by atoms with Crippen LogP contribution in [0.4, 0.5) is 0 Å². The van der Waals surface area contributed by atoms with Crippen LogP contribution in [-0.4, -0.2) is 53.6 Å². The zero-order valence-corrected chi connectivity index (χ0v) is 19.5. The molecular weight excluding hydrogens is 418 g/mol. The van der Waals surface area contributed by atoms with Crippen LogP contribution in [-0.2, 0) is 4.79 Å². The van der Waals surface area contributed by atoms with E-state index < -0.39 is 5.72 Å². The number of hydrazone groups is 1. The lowest BCUT2D eigenvalue weighted by Crippen LogP contribution is -2.59. The molecule has 3 aliphatic rings. The minimum atomic E-state index is -0.593. The van der Waals surface area contributed by atoms with Crippen molar-refractivity contribution in [3.05, 3.63) is 53.6 Å². The maximum Gasteiger partial charge on any atom is 0.219 e. The van der Waals surface area contributed by atoms with Crippen molar-refractivity contribution in [1.82, 2.24) is 9.91 Å². The largest absolute Gasteiger partial charge is 0.494 e. The van der Waals surface area contributed by atoms with Crippen LogP contribution >= 0.6 is 0 Å². The molecule has 174 valence electrons. The van der Waals surface area contributed by atoms with Crippen LogP contribution in [0, 0.1) is 0 Å². The van der Waals surface area contributed by atoms with Crippen LogP contribution in [0.5, 0.6) is 17.2 Å². The van der Waals surface area contributed by atoms with Gasteiger partial charge in [-0.1, -0.05) is 12.1 Å². The molecule has 0 aromatic heterocycles. The van der Waals surface area contributed by atoms with Gasteiger partial charge in [-0.2, -0.15) is 5.10 Å². The van der Waals surface area contributed by atoms with Gasteiger partial charge in [-0.25, -0.2) is 5.01 Å². The number of carbonyl (C=O) groups excluding carboxylic acids is 1. The van der Waals surface area contributed by atoms with E-state index in [0.717, 1.165) is 40.5 Å². The minimum Gasteiger partial charge on any atom is -0.494 e. The van der Waals surface area contributed by atoms with Gasteiger partial charge in [0.15, 0.2) is 11.5 Å². The number of rotatable bonds is 5. The maximum absolute atomic E-state index is 12.0. The number of ether oxygens (including phenoxy) is 3. The first kappa shape index (κ1) is 21.6. The average Bonchev–Trinajstić information content (AvgIpc) is 3.28. The Bertz CT molecular complexity index is 1060. The molecule has 7 nitrogen and oxygen atoms in total. The van der Waals surface area contributed by atoms with E-state index in [1.54, 1.807) is 6.92 Å². The first-order chi connectivity index (χ1) is 16.0. The highest BCUT2D eigenvalue weighted by atomic mass is 16.6. The second-order valence-corrected chi connectivity index (χ2v) is 8.73. The lowest BCUT2D eigenvalue weighted by molar-refractivity contribution is -0.159. The number of nitrogens with zero attached hydrogens (tertiary/aromatic N) is 3. The summed E-state index contributed by atoms with van der Waals surface area (Å²) in [7, 11) is 0. The summed E-state index contributed by atoms with van der Waals surface area (Å²) in [4.78, 5) is 13.8. The number of piperidine rings is 1. The highest BCUT2D eigenvalue weighted by molar-refractivity contribution is 6.02. The monoisotopic (exact) mass is 449 g/mol. The second kappa shape index (κ2) is 8.61. The zero-order valence-electron chi connectivity index (χ0n) is 19.5. The van der Waals surface area contributed by atoms with Gasteiger partial charge in [0.2, 0.25) is 11.6 Å². The Labute approximate surface area is 194 Å². The molecule has 1 unspecified atom stereocenters. The van der Waals surface area contributed by atoms with Gasteiger partial charge in [-0.3, -0.25) is 4.79 Å². The predicted octanol–water partition coefficient (Wildman–Crippen LogP) is 4.37. The number of hydrogen-bond acceptors (Lipinski definition) is 6. The molecule has 1 saturated heterocycles. The van der Waals surface area contributed by atoms with Crippen molar-refractivity contribution in [2.75, 3.05) is 26.3 Å². The first-order valence-electron chi connectivity index (χ1n) is 11.8. The van der Waals surface area contributed by atoms with Crippen LogP contribution in [0.2, 0.25) is 0 Å². The van der Waals surface area contributed by atoms with Crippen molar-refractivity contribution in [3.63, 3.8) is 0 Å². The van der Waals surface area contributed by atoms with Crippen LogP contribution < -0.4 is 14.2 Å². The smallest absolute Gasteiger partial charge is 0.219 e. The number of fused-ring (bicyclic) bond motifs is 4. The third-order valence-corrected chi connectivity index (χ3v) is 6.78. The fourth-order valence-corrected chi connectivity index (χ4v) is 5.13. The Morgan fingerprint density at radius 3 is 2.48 bits per heavy atom. The highest BCUT2D eigenvalue weighted by Gasteiger charge is 2.52. The van der Waals surface area contributed by atoms with Gasteiger partial charge < -0.3 is 19.1 Å². The van der Waals surface area contributed by atoms with E-state index in [1.165, 1.54) is 0 Å². The molecule has 2 aromatic carbocycles. The average molecular weight is 450 g/mol. The Hall–Kier alpha value is -3.22. The van der Waals surface area contributed by atoms with E-state index in [9.17, 15) is 4.79 Å². The fourth-order valence-electron chi connectivity index (χ4n) is 5.13. The molecular formula is C26H31N3O4. The normalized spacial score (nSPS) is 20.6. The Morgan fingerprint density at radius 2 is 1.82 bits per heavy atom. The number of amides is 1. The maximum atomic E-state index is 12.0. The molecule has 2 aromatic rings. The van der Waals surface area contributed by atoms with Crippen LogP contribution in [0.25, 0.3) is 0 Å². The van der Waals surface area contributed by atoms with E-state index in [1.807, 2.05) is 43.0 Å². The molecule has 0 radical (unpaired) electrons. The Balaban J connectivity index is 1.52. The Kier molecular flexibility index (Phi) is 5.64. The van der Waals surface area contributed by atoms with E-state index in [2.05, 4.69) is 23.2 Å². The van der Waals surface area contributed by atoms with Gasteiger partial charge in [0.1, 0.15) is 5.75 Å². The van der Waals surface area contributed by atoms with Crippen molar-refractivity contribution < 1.29 is 19.0 Å². The van der Waals surface area contributed by atoms with E-state index in [4.69, 9.17) is 19.3 Å². The summed E-state index contributed by atoms with van der Waals surface area (Å²) < 4.78 is 18.3. The van der Waals surface area contributed by atoms with Gasteiger partial charge in [0, 0.05) is 44.8 Å². The fraction of sp³-hybridized carbons (Fsp3) is 0.462. The number of para-hydroxylation sites is 1. The van der Waals surface area contributed by atoms with Crippen molar-refractivity contribution in [2.45, 2.75) is 51.8 Å². The van der Waals surface area contributed by atoms with Crippen molar-refractivity contribution in [1.29, 1.82) is 0 Å². The third kappa shape index (κ3) is 3.79. The number of hydrogen-bond donors (Lipinski definition) is 0. The summed E-state index contributed by atoms with van der Waals surface area (Å²) in [6.07, 6.45) is 2.18. The number of benzene rings is 2. The van der Waals surface area contributed by atoms with Gasteiger partial charge in [0.05, 0.1) is 25.0 Å². The molecule has 1 fully saturated rings. The van der Waals surface area contributed by atoms with Crippen LogP contribution in [0.15, 0.2) is 47.6 Å². The third-order valence-electron chi connectivity index (χ3n) is 6.78. The summed E-state index contributed by atoms with van der Waals surface area (Å²) in [5.74, 6) is 2.56. The molecule has 0 N–H and O–H groups in total. The van der Waals surface area contributed by atoms with Gasteiger partial charge in [-0.05, 0) is 49.7 Å². The van der Waals surface area contributed by atoms with E-state index in [0.29, 0.717) is 39.1 Å². The summed E-state index contributed by atoms with van der Waals surface area (Å²) >= 11 is 0. The number of likely N-dealkylation sites (tertiary alicyclic amines) is 1. The van der Waals surface area contributed by atoms with Gasteiger partial charge >= 0.3 is 0 Å². The summed E-state index contributed by atoms with van der Waals surface area (Å²) in [5.41, 5.74) is 2.63. The quantitative estimate of drug-likeness (QED) is 0.679. The molecule has 7 heteroatoms. The Morgan fingerprint density at radius 1 is 1.09 bits per heavy atom. The van der Waals surface area contributed by atoms with Gasteiger partial charge in [0.25, 0.3) is 0 Å². The standard InChI is InChI=1S/C26H31N3O4/c1-4-31-20-11-9-19(10-12-20)22-17-23-21-7-6-8-24(32-5-2)25(21)33-26(29(23)27-22)13-15-28(16-14-26)18(3)30/h6-12,23H,4-5,13-17H2,1-3H3. The topological polar surface area (TPSA) is 63.6 Å². The molecule has 3 heterocycles. The highest BCUT2D eigenvalue weighted by Crippen LogP contribution is 2.52. The van der Waals surface area contributed by atoms with Crippen molar-refractivity contribution >= 4 is 11.6 Å². The molecule has 0 bridgehead atoms. The van der Waals surface area contributed by atoms with Crippen molar-refractivity contribution in [2.24, 2.45) is 5.10 Å². The molecule has 5 rings (SSSR count). The lowest BCUT2D eigenvalue weighted by Gasteiger charge is -2.51. The molecule has 33 heavy (non-hydrogen) atoms. The zero-order chi connectivity index (χ0) is 23.0. The lowest BCUT2D eigenvalue weighted by atomic mass is 9.90. The molecule has 1 spiro atoms. The minimum absolute atomic E-state index is 0.0691. The molecule has 0 aliphatic carbocycles.